The molecule has 0 heterocycles. The number of nitrogens with two attached hydrogens (primary N) is 1. The third-order valence-corrected chi connectivity index (χ3v) is 3.43. The van der Waals surface area contributed by atoms with Crippen LogP contribution in [0.3, 0.4) is 0 Å². The average molecular weight is 342 g/mol. The molecule has 0 bridgehead atoms. The molecule has 0 saturated carbocycles. The molecule has 0 saturated heterocycles. The topological polar surface area (TPSA) is 119 Å². The maximum atomic E-state index is 11.9. The van der Waals surface area contributed by atoms with Crippen molar-refractivity contribution in [3.63, 3.8) is 0 Å². The minimum Gasteiger partial charge on any atom is -0.482 e. The molecular formula is C18H18N2O5. The van der Waals surface area contributed by atoms with Crippen molar-refractivity contribution in [2.24, 2.45) is 0 Å². The first-order valence-electron chi connectivity index (χ1n) is 7.59. The molecule has 0 aromatic heterocycles. The van der Waals surface area contributed by atoms with Crippen LogP contribution in [0.25, 0.3) is 0 Å². The molecule has 0 atom stereocenters. The summed E-state index contributed by atoms with van der Waals surface area (Å²) in [5, 5.41) is 11.4. The Balaban J connectivity index is 1.93. The van der Waals surface area contributed by atoms with Gasteiger partial charge in [0.05, 0.1) is 11.3 Å². The fourth-order valence-electron chi connectivity index (χ4n) is 2.09. The Morgan fingerprint density at radius 2 is 1.72 bits per heavy atom. The maximum absolute atomic E-state index is 11.9. The zero-order valence-electron chi connectivity index (χ0n) is 13.6. The maximum Gasteiger partial charge on any atom is 0.335 e. The predicted molar refractivity (Wildman–Crippen MR) is 93.0 cm³/mol. The molecule has 0 radical (unpaired) electrons. The van der Waals surface area contributed by atoms with Crippen molar-refractivity contribution in [2.75, 3.05) is 17.7 Å². The van der Waals surface area contributed by atoms with E-state index in [1.165, 1.54) is 30.3 Å². The lowest BCUT2D eigenvalue weighted by atomic mass is 10.1. The Labute approximate surface area is 144 Å². The van der Waals surface area contributed by atoms with E-state index in [1.807, 2.05) is 0 Å². The molecule has 2 aromatic rings. The van der Waals surface area contributed by atoms with Gasteiger partial charge in [-0.25, -0.2) is 4.79 Å². The summed E-state index contributed by atoms with van der Waals surface area (Å²) < 4.78 is 5.36. The number of ketones is 1. The number of carbonyl (C=O) groups excluding carboxylic acids is 2. The quantitative estimate of drug-likeness (QED) is 0.525. The Morgan fingerprint density at radius 1 is 1.08 bits per heavy atom. The second-order valence-electron chi connectivity index (χ2n) is 5.25. The highest BCUT2D eigenvalue weighted by molar-refractivity contribution is 5.97. The van der Waals surface area contributed by atoms with Crippen LogP contribution in [0.15, 0.2) is 42.5 Å². The molecule has 0 fully saturated rings. The summed E-state index contributed by atoms with van der Waals surface area (Å²) in [5.41, 5.74) is 7.19. The van der Waals surface area contributed by atoms with E-state index >= 15 is 0 Å². The number of hydrogen-bond donors (Lipinski definition) is 3. The highest BCUT2D eigenvalue weighted by Crippen LogP contribution is 2.23. The van der Waals surface area contributed by atoms with E-state index in [1.54, 1.807) is 19.1 Å². The van der Waals surface area contributed by atoms with Gasteiger partial charge in [-0.15, -0.1) is 0 Å². The number of rotatable bonds is 7. The fourth-order valence-corrected chi connectivity index (χ4v) is 2.09. The van der Waals surface area contributed by atoms with E-state index in [-0.39, 0.29) is 23.6 Å². The van der Waals surface area contributed by atoms with Crippen molar-refractivity contribution in [3.8, 4) is 5.75 Å². The number of carboxylic acid groups (broad SMARTS) is 1. The van der Waals surface area contributed by atoms with Gasteiger partial charge in [0.2, 0.25) is 0 Å². The fraction of sp³-hybridized carbons (Fsp3) is 0.167. The van der Waals surface area contributed by atoms with Crippen molar-refractivity contribution in [2.45, 2.75) is 13.3 Å². The number of nitrogen functional groups attached to an aromatic ring is 1. The van der Waals surface area contributed by atoms with Gasteiger partial charge in [-0.05, 0) is 42.5 Å². The first-order chi connectivity index (χ1) is 11.9. The molecule has 2 rings (SSSR count). The molecule has 0 aliphatic rings. The molecule has 1 amide bonds. The van der Waals surface area contributed by atoms with Gasteiger partial charge in [-0.1, -0.05) is 6.92 Å². The number of benzene rings is 2. The standard InChI is InChI=1S/C18H18N2O5/c1-2-15(21)12-5-8-16(14(19)9-12)25-10-17(22)20-13-6-3-11(4-7-13)18(23)24/h3-9H,2,10,19H2,1H3,(H,20,22)(H,23,24). The van der Waals surface area contributed by atoms with Gasteiger partial charge in [0.15, 0.2) is 12.4 Å². The van der Waals surface area contributed by atoms with Gasteiger partial charge >= 0.3 is 5.97 Å². The minimum atomic E-state index is -1.04. The van der Waals surface area contributed by atoms with E-state index in [0.717, 1.165) is 0 Å². The number of carbonyl (C=O) groups is 3. The second-order valence-corrected chi connectivity index (χ2v) is 5.25. The summed E-state index contributed by atoms with van der Waals surface area (Å²) in [4.78, 5) is 34.3. The Kier molecular flexibility index (Phi) is 5.73. The van der Waals surface area contributed by atoms with Gasteiger partial charge in [0.25, 0.3) is 5.91 Å². The number of nitrogens with one attached hydrogen (secondary N) is 1. The van der Waals surface area contributed by atoms with E-state index in [2.05, 4.69) is 5.32 Å². The molecule has 0 spiro atoms. The zero-order valence-corrected chi connectivity index (χ0v) is 13.6. The molecule has 130 valence electrons. The van der Waals surface area contributed by atoms with Crippen molar-refractivity contribution in [1.82, 2.24) is 0 Å². The summed E-state index contributed by atoms with van der Waals surface area (Å²) in [6.07, 6.45) is 0.378. The van der Waals surface area contributed by atoms with Crippen LogP contribution in [0.4, 0.5) is 11.4 Å². The molecule has 0 unspecified atom stereocenters. The summed E-state index contributed by atoms with van der Waals surface area (Å²) in [7, 11) is 0. The second kappa shape index (κ2) is 7.96. The number of carboxylic acids is 1. The summed E-state index contributed by atoms with van der Waals surface area (Å²) in [6, 6.07) is 10.4. The third kappa shape index (κ3) is 4.81. The largest absolute Gasteiger partial charge is 0.482 e. The average Bonchev–Trinajstić information content (AvgIpc) is 2.60. The van der Waals surface area contributed by atoms with Crippen molar-refractivity contribution in [1.29, 1.82) is 0 Å². The Bertz CT molecular complexity index is 800. The normalized spacial score (nSPS) is 10.1. The molecule has 7 heteroatoms. The van der Waals surface area contributed by atoms with Crippen molar-refractivity contribution >= 4 is 29.0 Å². The summed E-state index contributed by atoms with van der Waals surface area (Å²) in [5.74, 6) is -1.18. The number of ether oxygens (including phenoxy) is 1. The van der Waals surface area contributed by atoms with E-state index in [4.69, 9.17) is 15.6 Å². The van der Waals surface area contributed by atoms with Gasteiger partial charge in [-0.2, -0.15) is 0 Å². The van der Waals surface area contributed by atoms with Crippen molar-refractivity contribution in [3.05, 3.63) is 53.6 Å². The summed E-state index contributed by atoms with van der Waals surface area (Å²) in [6.45, 7) is 1.49. The first-order valence-corrected chi connectivity index (χ1v) is 7.59. The summed E-state index contributed by atoms with van der Waals surface area (Å²) >= 11 is 0. The van der Waals surface area contributed by atoms with Gasteiger partial charge < -0.3 is 20.9 Å². The zero-order chi connectivity index (χ0) is 18.4. The Hall–Kier alpha value is -3.35. The molecule has 2 aromatic carbocycles. The van der Waals surface area contributed by atoms with Crippen LogP contribution < -0.4 is 15.8 Å². The number of amides is 1. The van der Waals surface area contributed by atoms with Crippen LogP contribution in [-0.4, -0.2) is 29.4 Å². The van der Waals surface area contributed by atoms with Gasteiger partial charge in [0, 0.05) is 17.7 Å². The SMILES string of the molecule is CCC(=O)c1ccc(OCC(=O)Nc2ccc(C(=O)O)cc2)c(N)c1. The lowest BCUT2D eigenvalue weighted by Gasteiger charge is -2.10. The van der Waals surface area contributed by atoms with Crippen LogP contribution in [-0.2, 0) is 4.79 Å². The molecule has 4 N–H and O–H groups in total. The number of anilines is 2. The van der Waals surface area contributed by atoms with E-state index in [9.17, 15) is 14.4 Å². The highest BCUT2D eigenvalue weighted by atomic mass is 16.5. The molecule has 7 nitrogen and oxygen atoms in total. The molecular weight excluding hydrogens is 324 g/mol. The van der Waals surface area contributed by atoms with Crippen LogP contribution in [0.2, 0.25) is 0 Å². The molecule has 0 aliphatic heterocycles. The smallest absolute Gasteiger partial charge is 0.335 e. The lowest BCUT2D eigenvalue weighted by molar-refractivity contribution is -0.118. The van der Waals surface area contributed by atoms with Crippen molar-refractivity contribution < 1.29 is 24.2 Å². The van der Waals surface area contributed by atoms with Crippen LogP contribution >= 0.6 is 0 Å². The number of aromatic carboxylic acids is 1. The first kappa shape index (κ1) is 18.0. The van der Waals surface area contributed by atoms with E-state index in [0.29, 0.717) is 23.4 Å². The number of Topliss-reactive ketones (excluding diaryl/α,β-unsaturated/α-hetero) is 1. The van der Waals surface area contributed by atoms with Gasteiger partial charge in [-0.3, -0.25) is 9.59 Å². The lowest BCUT2D eigenvalue weighted by Crippen LogP contribution is -2.20. The predicted octanol–water partition coefficient (Wildman–Crippen LogP) is 2.58. The van der Waals surface area contributed by atoms with Crippen LogP contribution in [0.1, 0.15) is 34.1 Å². The minimum absolute atomic E-state index is 0.0270. The third-order valence-electron chi connectivity index (χ3n) is 3.43. The van der Waals surface area contributed by atoms with Crippen LogP contribution in [0.5, 0.6) is 5.75 Å². The van der Waals surface area contributed by atoms with E-state index < -0.39 is 11.9 Å². The highest BCUT2D eigenvalue weighted by Gasteiger charge is 2.10. The monoisotopic (exact) mass is 342 g/mol. The number of hydrogen-bond acceptors (Lipinski definition) is 5. The Morgan fingerprint density at radius 3 is 2.28 bits per heavy atom. The van der Waals surface area contributed by atoms with Gasteiger partial charge in [0.1, 0.15) is 5.75 Å². The van der Waals surface area contributed by atoms with Crippen LogP contribution in [0, 0.1) is 0 Å². The molecule has 0 aliphatic carbocycles. The molecule has 25 heavy (non-hydrogen) atoms.